The van der Waals surface area contributed by atoms with Crippen LogP contribution in [0.25, 0.3) is 0 Å². The predicted octanol–water partition coefficient (Wildman–Crippen LogP) is 2.01. The predicted molar refractivity (Wildman–Crippen MR) is 75.8 cm³/mol. The van der Waals surface area contributed by atoms with Crippen LogP contribution in [0, 0.1) is 11.7 Å². The maximum atomic E-state index is 13.2. The lowest BCUT2D eigenvalue weighted by atomic mass is 10.0. The highest BCUT2D eigenvalue weighted by atomic mass is 19.1. The normalized spacial score (nSPS) is 23.2. The van der Waals surface area contributed by atoms with Gasteiger partial charge in [0.1, 0.15) is 5.82 Å². The summed E-state index contributed by atoms with van der Waals surface area (Å²) in [5, 5.41) is 2.88. The van der Waals surface area contributed by atoms with Crippen LogP contribution in [0.4, 0.5) is 4.39 Å². The van der Waals surface area contributed by atoms with Crippen LogP contribution in [0.1, 0.15) is 37.8 Å². The van der Waals surface area contributed by atoms with Crippen molar-refractivity contribution in [2.45, 2.75) is 38.3 Å². The number of hydrogen-bond acceptors (Lipinski definition) is 2. The van der Waals surface area contributed by atoms with Crippen molar-refractivity contribution in [3.8, 4) is 0 Å². The Labute approximate surface area is 123 Å². The number of benzene rings is 1. The van der Waals surface area contributed by atoms with Gasteiger partial charge in [-0.15, -0.1) is 0 Å². The monoisotopic (exact) mass is 290 g/mol. The van der Waals surface area contributed by atoms with Crippen LogP contribution in [0.3, 0.4) is 0 Å². The number of rotatable bonds is 4. The van der Waals surface area contributed by atoms with E-state index in [0.717, 1.165) is 18.4 Å². The summed E-state index contributed by atoms with van der Waals surface area (Å²) in [5.41, 5.74) is 0.728. The van der Waals surface area contributed by atoms with E-state index in [4.69, 9.17) is 0 Å². The van der Waals surface area contributed by atoms with Gasteiger partial charge in [0.15, 0.2) is 0 Å². The highest BCUT2D eigenvalue weighted by molar-refractivity contribution is 5.89. The Morgan fingerprint density at radius 1 is 1.43 bits per heavy atom. The molecule has 1 saturated carbocycles. The number of likely N-dealkylation sites (tertiary alicyclic amines) is 1. The zero-order valence-electron chi connectivity index (χ0n) is 12.0. The molecule has 1 N–H and O–H groups in total. The Morgan fingerprint density at radius 2 is 2.19 bits per heavy atom. The molecule has 2 fully saturated rings. The fraction of sp³-hybridized carbons (Fsp3) is 0.500. The Bertz CT molecular complexity index is 571. The van der Waals surface area contributed by atoms with Crippen molar-refractivity contribution in [3.63, 3.8) is 0 Å². The second-order valence-electron chi connectivity index (χ2n) is 5.96. The molecule has 1 aromatic rings. The minimum absolute atomic E-state index is 0.0797. The van der Waals surface area contributed by atoms with E-state index in [1.54, 1.807) is 12.1 Å². The molecule has 0 spiro atoms. The molecule has 2 atom stereocenters. The van der Waals surface area contributed by atoms with Crippen molar-refractivity contribution in [1.82, 2.24) is 10.2 Å². The van der Waals surface area contributed by atoms with Crippen LogP contribution in [-0.2, 0) is 9.59 Å². The van der Waals surface area contributed by atoms with Crippen LogP contribution in [0.2, 0.25) is 0 Å². The first kappa shape index (κ1) is 14.0. The van der Waals surface area contributed by atoms with E-state index < -0.39 is 0 Å². The average molecular weight is 290 g/mol. The quantitative estimate of drug-likeness (QED) is 0.922. The van der Waals surface area contributed by atoms with E-state index in [0.29, 0.717) is 12.6 Å². The van der Waals surface area contributed by atoms with Gasteiger partial charge in [0.25, 0.3) is 0 Å². The standard InChI is InChI=1S/C16H19FN2O2/c1-10(11-3-2-4-13(17)7-11)18-16(21)12-8-15(20)19(9-12)14-5-6-14/h2-4,7,10,12,14H,5-6,8-9H2,1H3,(H,18,21)/t10-,12+/m1/s1. The van der Waals surface area contributed by atoms with E-state index in [1.807, 2.05) is 11.8 Å². The fourth-order valence-electron chi connectivity index (χ4n) is 2.84. The van der Waals surface area contributed by atoms with Crippen LogP contribution in [0.15, 0.2) is 24.3 Å². The minimum atomic E-state index is -0.315. The van der Waals surface area contributed by atoms with Crippen molar-refractivity contribution < 1.29 is 14.0 Å². The van der Waals surface area contributed by atoms with Crippen molar-refractivity contribution in [1.29, 1.82) is 0 Å². The van der Waals surface area contributed by atoms with Crippen molar-refractivity contribution >= 4 is 11.8 Å². The molecule has 1 saturated heterocycles. The van der Waals surface area contributed by atoms with Gasteiger partial charge in [-0.2, -0.15) is 0 Å². The number of nitrogens with one attached hydrogen (secondary N) is 1. The Balaban J connectivity index is 1.60. The van der Waals surface area contributed by atoms with E-state index in [9.17, 15) is 14.0 Å². The summed E-state index contributed by atoms with van der Waals surface area (Å²) in [6.45, 7) is 2.34. The molecule has 21 heavy (non-hydrogen) atoms. The minimum Gasteiger partial charge on any atom is -0.349 e. The molecule has 0 radical (unpaired) electrons. The molecule has 0 unspecified atom stereocenters. The Morgan fingerprint density at radius 3 is 2.86 bits per heavy atom. The molecular formula is C16H19FN2O2. The lowest BCUT2D eigenvalue weighted by Gasteiger charge is -2.18. The number of carbonyl (C=O) groups is 2. The second kappa shape index (κ2) is 5.47. The first-order valence-corrected chi connectivity index (χ1v) is 7.40. The number of carbonyl (C=O) groups excluding carboxylic acids is 2. The summed E-state index contributed by atoms with van der Waals surface area (Å²) in [7, 11) is 0. The van der Waals surface area contributed by atoms with Crippen molar-refractivity contribution in [3.05, 3.63) is 35.6 Å². The topological polar surface area (TPSA) is 49.4 Å². The summed E-state index contributed by atoms with van der Waals surface area (Å²) in [6.07, 6.45) is 2.40. The van der Waals surface area contributed by atoms with Gasteiger partial charge in [-0.3, -0.25) is 9.59 Å². The number of hydrogen-bond donors (Lipinski definition) is 1. The van der Waals surface area contributed by atoms with E-state index in [2.05, 4.69) is 5.32 Å². The van der Waals surface area contributed by atoms with Gasteiger partial charge >= 0.3 is 0 Å². The van der Waals surface area contributed by atoms with Gasteiger partial charge in [-0.1, -0.05) is 12.1 Å². The Kier molecular flexibility index (Phi) is 3.66. The molecule has 1 aromatic carbocycles. The van der Waals surface area contributed by atoms with E-state index >= 15 is 0 Å². The summed E-state index contributed by atoms with van der Waals surface area (Å²) in [4.78, 5) is 26.0. The van der Waals surface area contributed by atoms with Crippen molar-refractivity contribution in [2.75, 3.05) is 6.54 Å². The highest BCUT2D eigenvalue weighted by Crippen LogP contribution is 2.32. The third kappa shape index (κ3) is 3.06. The van der Waals surface area contributed by atoms with E-state index in [1.165, 1.54) is 12.1 Å². The smallest absolute Gasteiger partial charge is 0.225 e. The molecule has 1 heterocycles. The molecule has 5 heteroatoms. The molecule has 3 rings (SSSR count). The van der Waals surface area contributed by atoms with Gasteiger partial charge < -0.3 is 10.2 Å². The molecular weight excluding hydrogens is 271 g/mol. The SMILES string of the molecule is C[C@@H](NC(=O)[C@H]1CC(=O)N(C2CC2)C1)c1cccc(F)c1. The van der Waals surface area contributed by atoms with Crippen LogP contribution < -0.4 is 5.32 Å². The molecule has 0 aromatic heterocycles. The lowest BCUT2D eigenvalue weighted by Crippen LogP contribution is -2.35. The van der Waals surface area contributed by atoms with E-state index in [-0.39, 0.29) is 36.0 Å². The molecule has 1 aliphatic heterocycles. The average Bonchev–Trinajstić information content (AvgIpc) is 3.21. The molecule has 1 aliphatic carbocycles. The third-order valence-corrected chi connectivity index (χ3v) is 4.22. The van der Waals surface area contributed by atoms with Gasteiger partial charge in [0.05, 0.1) is 12.0 Å². The number of amides is 2. The highest BCUT2D eigenvalue weighted by Gasteiger charge is 2.41. The van der Waals surface area contributed by atoms with Crippen LogP contribution in [-0.4, -0.2) is 29.3 Å². The molecule has 112 valence electrons. The van der Waals surface area contributed by atoms with Gasteiger partial charge in [-0.25, -0.2) is 4.39 Å². The maximum Gasteiger partial charge on any atom is 0.225 e. The lowest BCUT2D eigenvalue weighted by molar-refractivity contribution is -0.129. The van der Waals surface area contributed by atoms with Gasteiger partial charge in [0.2, 0.25) is 11.8 Å². The summed E-state index contributed by atoms with van der Waals surface area (Å²) >= 11 is 0. The summed E-state index contributed by atoms with van der Waals surface area (Å²) in [6, 6.07) is 6.29. The first-order valence-electron chi connectivity index (χ1n) is 7.40. The second-order valence-corrected chi connectivity index (χ2v) is 5.96. The molecule has 2 amide bonds. The fourth-order valence-corrected chi connectivity index (χ4v) is 2.84. The van der Waals surface area contributed by atoms with Gasteiger partial charge in [0, 0.05) is 19.0 Å². The summed E-state index contributed by atoms with van der Waals surface area (Å²) in [5.74, 6) is -0.641. The van der Waals surface area contributed by atoms with Gasteiger partial charge in [-0.05, 0) is 37.5 Å². The number of halogens is 1. The number of nitrogens with zero attached hydrogens (tertiary/aromatic N) is 1. The third-order valence-electron chi connectivity index (χ3n) is 4.22. The van der Waals surface area contributed by atoms with Crippen molar-refractivity contribution in [2.24, 2.45) is 5.92 Å². The zero-order chi connectivity index (χ0) is 15.0. The largest absolute Gasteiger partial charge is 0.349 e. The van der Waals surface area contributed by atoms with Crippen LogP contribution >= 0.6 is 0 Å². The zero-order valence-corrected chi connectivity index (χ0v) is 12.0. The summed E-state index contributed by atoms with van der Waals surface area (Å²) < 4.78 is 13.2. The maximum absolute atomic E-state index is 13.2. The first-order chi connectivity index (χ1) is 10.0. The van der Waals surface area contributed by atoms with Crippen LogP contribution in [0.5, 0.6) is 0 Å². The Hall–Kier alpha value is -1.91. The molecule has 0 bridgehead atoms. The molecule has 2 aliphatic rings. The molecule has 4 nitrogen and oxygen atoms in total.